The molecule has 3 nitrogen and oxygen atoms in total. The third kappa shape index (κ3) is 3.91. The molecule has 0 amide bonds. The van der Waals surface area contributed by atoms with Crippen LogP contribution in [0.5, 0.6) is 0 Å². The minimum atomic E-state index is -0.149. The quantitative estimate of drug-likeness (QED) is 0.843. The zero-order chi connectivity index (χ0) is 15.2. The van der Waals surface area contributed by atoms with E-state index in [1.807, 2.05) is 31.5 Å². The number of hydrogen-bond acceptors (Lipinski definition) is 2. The van der Waals surface area contributed by atoms with Crippen molar-refractivity contribution in [2.24, 2.45) is 0 Å². The molecule has 0 fully saturated rings. The van der Waals surface area contributed by atoms with Crippen molar-refractivity contribution in [3.8, 4) is 0 Å². The summed E-state index contributed by atoms with van der Waals surface area (Å²) in [6.07, 6.45) is 5.49. The van der Waals surface area contributed by atoms with E-state index < -0.39 is 0 Å². The van der Waals surface area contributed by atoms with Crippen molar-refractivity contribution in [2.75, 3.05) is 6.54 Å². The molecule has 0 aliphatic heterocycles. The predicted molar refractivity (Wildman–Crippen MR) is 83.8 cm³/mol. The number of nitrogens with one attached hydrogen (secondary N) is 1. The predicted octanol–water partition coefficient (Wildman–Crippen LogP) is 3.63. The fourth-order valence-electron chi connectivity index (χ4n) is 2.54. The van der Waals surface area contributed by atoms with Crippen molar-refractivity contribution in [3.63, 3.8) is 0 Å². The summed E-state index contributed by atoms with van der Waals surface area (Å²) in [5.41, 5.74) is 1.81. The maximum atomic E-state index is 14.2. The first kappa shape index (κ1) is 15.7. The van der Waals surface area contributed by atoms with Crippen LogP contribution in [0.15, 0.2) is 30.6 Å². The second-order valence-corrected chi connectivity index (χ2v) is 5.37. The monoisotopic (exact) mass is 289 g/mol. The van der Waals surface area contributed by atoms with Crippen molar-refractivity contribution in [3.05, 3.63) is 53.4 Å². The topological polar surface area (TPSA) is 29.9 Å². The summed E-state index contributed by atoms with van der Waals surface area (Å²) >= 11 is 0. The molecule has 2 aromatic rings. The van der Waals surface area contributed by atoms with E-state index >= 15 is 0 Å². The van der Waals surface area contributed by atoms with E-state index in [0.29, 0.717) is 6.42 Å². The number of aromatic nitrogens is 2. The van der Waals surface area contributed by atoms with Gasteiger partial charge in [0.2, 0.25) is 0 Å². The average molecular weight is 289 g/mol. The number of aryl methyl sites for hydroxylation is 2. The van der Waals surface area contributed by atoms with E-state index in [9.17, 15) is 4.39 Å². The maximum absolute atomic E-state index is 14.2. The highest BCUT2D eigenvalue weighted by atomic mass is 19.1. The molecule has 0 radical (unpaired) electrons. The summed E-state index contributed by atoms with van der Waals surface area (Å²) < 4.78 is 16.3. The van der Waals surface area contributed by atoms with Gasteiger partial charge in [-0.2, -0.15) is 0 Å². The van der Waals surface area contributed by atoms with E-state index in [4.69, 9.17) is 0 Å². The number of hydrogen-bond donors (Lipinski definition) is 1. The Bertz CT molecular complexity index is 577. The third-order valence-electron chi connectivity index (χ3n) is 3.70. The number of rotatable bonds is 7. The minimum absolute atomic E-state index is 0.0439. The first-order valence-corrected chi connectivity index (χ1v) is 7.65. The van der Waals surface area contributed by atoms with E-state index in [-0.39, 0.29) is 11.9 Å². The average Bonchev–Trinajstić information content (AvgIpc) is 2.93. The van der Waals surface area contributed by atoms with Gasteiger partial charge >= 0.3 is 0 Å². The highest BCUT2D eigenvalue weighted by Crippen LogP contribution is 2.22. The molecular weight excluding hydrogens is 265 g/mol. The Balaban J connectivity index is 2.27. The van der Waals surface area contributed by atoms with Crippen LogP contribution in [0.2, 0.25) is 0 Å². The molecule has 1 heterocycles. The van der Waals surface area contributed by atoms with Gasteiger partial charge in [0.15, 0.2) is 0 Å². The molecule has 1 aromatic heterocycles. The first-order valence-electron chi connectivity index (χ1n) is 7.65. The van der Waals surface area contributed by atoms with Gasteiger partial charge < -0.3 is 9.88 Å². The molecule has 0 spiro atoms. The molecule has 0 aliphatic carbocycles. The van der Waals surface area contributed by atoms with Crippen LogP contribution in [-0.4, -0.2) is 16.1 Å². The number of nitrogens with zero attached hydrogens (tertiary/aromatic N) is 2. The Labute approximate surface area is 126 Å². The SMILES string of the molecule is CCCNC(Cc1nccn1CC)c1cc(C)ccc1F. The van der Waals surface area contributed by atoms with E-state index in [1.165, 1.54) is 0 Å². The van der Waals surface area contributed by atoms with Gasteiger partial charge in [0.1, 0.15) is 11.6 Å². The second-order valence-electron chi connectivity index (χ2n) is 5.37. The number of imidazole rings is 1. The van der Waals surface area contributed by atoms with Crippen LogP contribution in [0.3, 0.4) is 0 Å². The molecule has 21 heavy (non-hydrogen) atoms. The molecule has 1 N–H and O–H groups in total. The second kappa shape index (κ2) is 7.36. The third-order valence-corrected chi connectivity index (χ3v) is 3.70. The molecule has 4 heteroatoms. The van der Waals surface area contributed by atoms with Crippen LogP contribution >= 0.6 is 0 Å². The van der Waals surface area contributed by atoms with E-state index in [1.54, 1.807) is 6.07 Å². The van der Waals surface area contributed by atoms with Crippen LogP contribution in [0.1, 0.15) is 43.3 Å². The maximum Gasteiger partial charge on any atom is 0.128 e. The van der Waals surface area contributed by atoms with Gasteiger partial charge in [-0.25, -0.2) is 9.37 Å². The van der Waals surface area contributed by atoms with Crippen LogP contribution in [0.25, 0.3) is 0 Å². The molecule has 1 aromatic carbocycles. The van der Waals surface area contributed by atoms with Gasteiger partial charge in [-0.05, 0) is 32.9 Å². The Morgan fingerprint density at radius 3 is 2.86 bits per heavy atom. The van der Waals surface area contributed by atoms with Crippen LogP contribution in [0, 0.1) is 12.7 Å². The Kier molecular flexibility index (Phi) is 5.51. The molecule has 1 unspecified atom stereocenters. The smallest absolute Gasteiger partial charge is 0.128 e. The van der Waals surface area contributed by atoms with Crippen LogP contribution in [-0.2, 0) is 13.0 Å². The van der Waals surface area contributed by atoms with Crippen LogP contribution < -0.4 is 5.32 Å². The van der Waals surface area contributed by atoms with Crippen LogP contribution in [0.4, 0.5) is 4.39 Å². The van der Waals surface area contributed by atoms with Gasteiger partial charge in [0.05, 0.1) is 0 Å². The van der Waals surface area contributed by atoms with Crippen molar-refractivity contribution >= 4 is 0 Å². The largest absolute Gasteiger partial charge is 0.335 e. The molecule has 0 saturated heterocycles. The number of halogens is 1. The Morgan fingerprint density at radius 2 is 2.14 bits per heavy atom. The lowest BCUT2D eigenvalue weighted by molar-refractivity contribution is 0.480. The summed E-state index contributed by atoms with van der Waals surface area (Å²) in [4.78, 5) is 4.41. The molecule has 0 saturated carbocycles. The minimum Gasteiger partial charge on any atom is -0.335 e. The first-order chi connectivity index (χ1) is 10.2. The lowest BCUT2D eigenvalue weighted by Gasteiger charge is -2.20. The summed E-state index contributed by atoms with van der Waals surface area (Å²) in [6.45, 7) is 7.94. The highest BCUT2D eigenvalue weighted by molar-refractivity contribution is 5.27. The van der Waals surface area contributed by atoms with E-state index in [2.05, 4.69) is 28.7 Å². The summed E-state index contributed by atoms with van der Waals surface area (Å²) in [7, 11) is 0. The van der Waals surface area contributed by atoms with Crippen molar-refractivity contribution < 1.29 is 4.39 Å². The highest BCUT2D eigenvalue weighted by Gasteiger charge is 2.18. The van der Waals surface area contributed by atoms with Gasteiger partial charge in [0.25, 0.3) is 0 Å². The summed E-state index contributed by atoms with van der Waals surface area (Å²) in [5, 5.41) is 3.45. The molecule has 0 aliphatic rings. The molecule has 1 atom stereocenters. The summed E-state index contributed by atoms with van der Waals surface area (Å²) in [5.74, 6) is 0.843. The molecule has 2 rings (SSSR count). The Morgan fingerprint density at radius 1 is 1.33 bits per heavy atom. The van der Waals surface area contributed by atoms with Crippen molar-refractivity contribution in [2.45, 2.75) is 46.2 Å². The standard InChI is InChI=1S/C17H24FN3/c1-4-8-19-16(12-17-20-9-10-21(17)5-2)14-11-13(3)6-7-15(14)18/h6-7,9-11,16,19H,4-5,8,12H2,1-3H3. The summed E-state index contributed by atoms with van der Waals surface area (Å²) in [6, 6.07) is 5.25. The number of benzene rings is 1. The fourth-order valence-corrected chi connectivity index (χ4v) is 2.54. The molecular formula is C17H24FN3. The van der Waals surface area contributed by atoms with Crippen molar-refractivity contribution in [1.82, 2.24) is 14.9 Å². The zero-order valence-electron chi connectivity index (χ0n) is 13.1. The lowest BCUT2D eigenvalue weighted by Crippen LogP contribution is -2.26. The zero-order valence-corrected chi connectivity index (χ0v) is 13.1. The lowest BCUT2D eigenvalue weighted by atomic mass is 10.00. The van der Waals surface area contributed by atoms with E-state index in [0.717, 1.165) is 36.5 Å². The van der Waals surface area contributed by atoms with Gasteiger partial charge in [-0.15, -0.1) is 0 Å². The van der Waals surface area contributed by atoms with Gasteiger partial charge in [-0.3, -0.25) is 0 Å². The fraction of sp³-hybridized carbons (Fsp3) is 0.471. The van der Waals surface area contributed by atoms with Gasteiger partial charge in [-0.1, -0.05) is 24.6 Å². The normalized spacial score (nSPS) is 12.6. The molecule has 0 bridgehead atoms. The van der Waals surface area contributed by atoms with Crippen molar-refractivity contribution in [1.29, 1.82) is 0 Å². The van der Waals surface area contributed by atoms with Gasteiger partial charge in [0, 0.05) is 37.0 Å². The Hall–Kier alpha value is -1.68. The molecule has 114 valence electrons.